The van der Waals surface area contributed by atoms with Crippen LogP contribution in [0.3, 0.4) is 0 Å². The van der Waals surface area contributed by atoms with Crippen molar-refractivity contribution in [2.24, 2.45) is 0 Å². The lowest BCUT2D eigenvalue weighted by Crippen LogP contribution is -2.31. The molecule has 0 bridgehead atoms. The van der Waals surface area contributed by atoms with E-state index in [-0.39, 0.29) is 44.0 Å². The third kappa shape index (κ3) is 7.08. The van der Waals surface area contributed by atoms with Crippen molar-refractivity contribution in [2.45, 2.75) is 32.4 Å². The first kappa shape index (κ1) is 29.5. The van der Waals surface area contributed by atoms with Crippen LogP contribution in [-0.2, 0) is 17.8 Å². The predicted molar refractivity (Wildman–Crippen MR) is 169 cm³/mol. The van der Waals surface area contributed by atoms with E-state index >= 15 is 0 Å². The predicted octanol–water partition coefficient (Wildman–Crippen LogP) is 6.01. The number of para-hydroxylation sites is 1. The summed E-state index contributed by atoms with van der Waals surface area (Å²) in [6, 6.07) is 34.2. The summed E-state index contributed by atoms with van der Waals surface area (Å²) in [4.78, 5) is 31.7. The van der Waals surface area contributed by atoms with Gasteiger partial charge in [0.1, 0.15) is 12.3 Å². The molecule has 3 N–H and O–H groups in total. The van der Waals surface area contributed by atoms with E-state index in [0.717, 1.165) is 22.3 Å². The molecule has 0 fully saturated rings. The molecule has 4 aromatic carbocycles. The summed E-state index contributed by atoms with van der Waals surface area (Å²) in [7, 11) is 0. The topological polar surface area (TPSA) is 101 Å². The second kappa shape index (κ2) is 14.2. The van der Waals surface area contributed by atoms with Crippen LogP contribution >= 0.6 is 0 Å². The van der Waals surface area contributed by atoms with Crippen molar-refractivity contribution < 1.29 is 19.4 Å². The standard InChI is InChI=1S/C36H35N3O4/c1-2-30(25-13-5-3-6-14-25)39-36(42)33-29-19-11-12-20-31(29)38-34(26-15-7-4-8-16-26)35(33)43-22-21-37-32(41)23-27-17-9-10-18-28(27)24-40/h3-20,30,40H,2,21-24H2,1H3,(H,37,41)(H,39,42)/t30-/m0/s1. The summed E-state index contributed by atoms with van der Waals surface area (Å²) in [6.07, 6.45) is 0.862. The molecule has 1 aromatic heterocycles. The minimum absolute atomic E-state index is 0.127. The molecule has 0 aliphatic rings. The Kier molecular flexibility index (Phi) is 9.77. The molecule has 0 saturated heterocycles. The second-order valence-electron chi connectivity index (χ2n) is 10.2. The Balaban J connectivity index is 1.44. The quantitative estimate of drug-likeness (QED) is 0.159. The number of amides is 2. The van der Waals surface area contributed by atoms with E-state index in [9.17, 15) is 14.7 Å². The molecular weight excluding hydrogens is 538 g/mol. The van der Waals surface area contributed by atoms with Crippen molar-refractivity contribution in [1.29, 1.82) is 0 Å². The fourth-order valence-electron chi connectivity index (χ4n) is 5.15. The van der Waals surface area contributed by atoms with Gasteiger partial charge in [0, 0.05) is 10.9 Å². The maximum absolute atomic E-state index is 14.1. The molecule has 7 nitrogen and oxygen atoms in total. The summed E-state index contributed by atoms with van der Waals surface area (Å²) in [5, 5.41) is 16.4. The number of carbonyl (C=O) groups excluding carboxylic acids is 2. The van der Waals surface area contributed by atoms with Gasteiger partial charge in [0.2, 0.25) is 5.91 Å². The first-order chi connectivity index (χ1) is 21.1. The highest BCUT2D eigenvalue weighted by Crippen LogP contribution is 2.37. The molecule has 0 saturated carbocycles. The number of nitrogens with zero attached hydrogens (tertiary/aromatic N) is 1. The van der Waals surface area contributed by atoms with Gasteiger partial charge in [-0.25, -0.2) is 4.98 Å². The number of nitrogens with one attached hydrogen (secondary N) is 2. The van der Waals surface area contributed by atoms with Gasteiger partial charge < -0.3 is 20.5 Å². The van der Waals surface area contributed by atoms with Crippen molar-refractivity contribution in [3.05, 3.63) is 131 Å². The number of carbonyl (C=O) groups is 2. The minimum Gasteiger partial charge on any atom is -0.489 e. The van der Waals surface area contributed by atoms with Crippen molar-refractivity contribution in [3.8, 4) is 17.0 Å². The summed E-state index contributed by atoms with van der Waals surface area (Å²) in [5.41, 5.74) is 4.98. The van der Waals surface area contributed by atoms with Crippen LogP contribution in [0.5, 0.6) is 5.75 Å². The molecule has 5 aromatic rings. The lowest BCUT2D eigenvalue weighted by Gasteiger charge is -2.21. The number of pyridine rings is 1. The van der Waals surface area contributed by atoms with Gasteiger partial charge in [-0.15, -0.1) is 0 Å². The van der Waals surface area contributed by atoms with E-state index < -0.39 is 0 Å². The number of ether oxygens (including phenoxy) is 1. The number of aliphatic hydroxyl groups excluding tert-OH is 1. The number of rotatable bonds is 12. The third-order valence-corrected chi connectivity index (χ3v) is 7.35. The van der Waals surface area contributed by atoms with Gasteiger partial charge in [0.15, 0.2) is 5.75 Å². The molecular formula is C36H35N3O4. The molecule has 43 heavy (non-hydrogen) atoms. The van der Waals surface area contributed by atoms with Crippen molar-refractivity contribution in [3.63, 3.8) is 0 Å². The van der Waals surface area contributed by atoms with Gasteiger partial charge in [-0.1, -0.05) is 110 Å². The lowest BCUT2D eigenvalue weighted by atomic mass is 10.00. The Morgan fingerprint density at radius 3 is 2.21 bits per heavy atom. The molecule has 2 amide bonds. The first-order valence-electron chi connectivity index (χ1n) is 14.5. The Labute approximate surface area is 251 Å². The van der Waals surface area contributed by atoms with E-state index in [2.05, 4.69) is 10.6 Å². The number of benzene rings is 4. The van der Waals surface area contributed by atoms with Crippen LogP contribution in [0.1, 0.15) is 46.4 Å². The van der Waals surface area contributed by atoms with Crippen LogP contribution in [-0.4, -0.2) is 35.1 Å². The molecule has 0 radical (unpaired) electrons. The highest BCUT2D eigenvalue weighted by molar-refractivity contribution is 6.10. The Morgan fingerprint density at radius 2 is 1.49 bits per heavy atom. The molecule has 218 valence electrons. The normalized spacial score (nSPS) is 11.6. The zero-order valence-electron chi connectivity index (χ0n) is 24.1. The van der Waals surface area contributed by atoms with E-state index in [0.29, 0.717) is 34.3 Å². The van der Waals surface area contributed by atoms with Gasteiger partial charge >= 0.3 is 0 Å². The molecule has 7 heteroatoms. The highest BCUT2D eigenvalue weighted by atomic mass is 16.5. The monoisotopic (exact) mass is 573 g/mol. The largest absolute Gasteiger partial charge is 0.489 e. The molecule has 0 unspecified atom stereocenters. The van der Waals surface area contributed by atoms with Crippen LogP contribution < -0.4 is 15.4 Å². The molecule has 5 rings (SSSR count). The van der Waals surface area contributed by atoms with Gasteiger partial charge in [-0.2, -0.15) is 0 Å². The van der Waals surface area contributed by atoms with Crippen LogP contribution in [0, 0.1) is 0 Å². The third-order valence-electron chi connectivity index (χ3n) is 7.35. The van der Waals surface area contributed by atoms with E-state index in [1.54, 1.807) is 6.07 Å². The van der Waals surface area contributed by atoms with E-state index in [1.807, 2.05) is 110 Å². The number of aromatic nitrogens is 1. The maximum atomic E-state index is 14.1. The second-order valence-corrected chi connectivity index (χ2v) is 10.2. The van der Waals surface area contributed by atoms with Crippen molar-refractivity contribution >= 4 is 22.7 Å². The SMILES string of the molecule is CC[C@H](NC(=O)c1c(OCCNC(=O)Cc2ccccc2CO)c(-c2ccccc2)nc2ccccc12)c1ccccc1. The summed E-state index contributed by atoms with van der Waals surface area (Å²) in [6.45, 7) is 2.27. The summed E-state index contributed by atoms with van der Waals surface area (Å²) >= 11 is 0. The number of aliphatic hydroxyl groups is 1. The molecule has 1 atom stereocenters. The summed E-state index contributed by atoms with van der Waals surface area (Å²) in [5.74, 6) is -0.0765. The van der Waals surface area contributed by atoms with Crippen LogP contribution in [0.25, 0.3) is 22.2 Å². The Morgan fingerprint density at radius 1 is 0.837 bits per heavy atom. The van der Waals surface area contributed by atoms with Crippen molar-refractivity contribution in [1.82, 2.24) is 15.6 Å². The molecule has 0 spiro atoms. The van der Waals surface area contributed by atoms with E-state index in [4.69, 9.17) is 9.72 Å². The molecule has 1 heterocycles. The van der Waals surface area contributed by atoms with Crippen LogP contribution in [0.4, 0.5) is 0 Å². The van der Waals surface area contributed by atoms with Gasteiger partial charge in [0.05, 0.1) is 36.7 Å². The van der Waals surface area contributed by atoms with Crippen LogP contribution in [0.15, 0.2) is 109 Å². The van der Waals surface area contributed by atoms with Crippen molar-refractivity contribution in [2.75, 3.05) is 13.2 Å². The maximum Gasteiger partial charge on any atom is 0.256 e. The number of hydrogen-bond donors (Lipinski definition) is 3. The fourth-order valence-corrected chi connectivity index (χ4v) is 5.15. The van der Waals surface area contributed by atoms with Gasteiger partial charge in [-0.05, 0) is 29.2 Å². The highest BCUT2D eigenvalue weighted by Gasteiger charge is 2.25. The Hall–Kier alpha value is -5.01. The lowest BCUT2D eigenvalue weighted by molar-refractivity contribution is -0.120. The van der Waals surface area contributed by atoms with Gasteiger partial charge in [-0.3, -0.25) is 9.59 Å². The first-order valence-corrected chi connectivity index (χ1v) is 14.5. The minimum atomic E-state index is -0.258. The fraction of sp³-hybridized carbons (Fsp3) is 0.194. The average molecular weight is 574 g/mol. The van der Waals surface area contributed by atoms with Crippen LogP contribution in [0.2, 0.25) is 0 Å². The smallest absolute Gasteiger partial charge is 0.256 e. The number of fused-ring (bicyclic) bond motifs is 1. The average Bonchev–Trinajstić information content (AvgIpc) is 3.06. The molecule has 0 aliphatic carbocycles. The zero-order chi connectivity index (χ0) is 30.0. The van der Waals surface area contributed by atoms with E-state index in [1.165, 1.54) is 0 Å². The van der Waals surface area contributed by atoms with Gasteiger partial charge in [0.25, 0.3) is 5.91 Å². The number of hydrogen-bond acceptors (Lipinski definition) is 5. The zero-order valence-corrected chi connectivity index (χ0v) is 24.1. The Bertz CT molecular complexity index is 1690. The summed E-state index contributed by atoms with van der Waals surface area (Å²) < 4.78 is 6.34. The molecule has 0 aliphatic heterocycles.